The Kier molecular flexibility index (Phi) is 4.44. The van der Waals surface area contributed by atoms with Gasteiger partial charge in [-0.25, -0.2) is 4.39 Å². The van der Waals surface area contributed by atoms with E-state index in [1.807, 2.05) is 18.2 Å². The number of fused-ring (bicyclic) bond motifs is 1. The van der Waals surface area contributed by atoms with Crippen LogP contribution in [-0.4, -0.2) is 14.7 Å². The van der Waals surface area contributed by atoms with E-state index in [-0.39, 0.29) is 17.9 Å². The molecule has 0 radical (unpaired) electrons. The van der Waals surface area contributed by atoms with Gasteiger partial charge in [-0.05, 0) is 67.6 Å². The minimum absolute atomic E-state index is 0.187. The van der Waals surface area contributed by atoms with Crippen molar-refractivity contribution in [1.29, 1.82) is 0 Å². The maximum atomic E-state index is 13.1. The predicted molar refractivity (Wildman–Crippen MR) is 106 cm³/mol. The topological polar surface area (TPSA) is 56.0 Å². The van der Waals surface area contributed by atoms with Crippen molar-refractivity contribution in [2.75, 3.05) is 0 Å². The highest BCUT2D eigenvalue weighted by Crippen LogP contribution is 2.37. The molecule has 1 fully saturated rings. The predicted octanol–water partition coefficient (Wildman–Crippen LogP) is 3.04. The first-order chi connectivity index (χ1) is 12.9. The van der Waals surface area contributed by atoms with Gasteiger partial charge in [0.1, 0.15) is 5.82 Å². The molecule has 0 unspecified atom stereocenters. The fourth-order valence-corrected chi connectivity index (χ4v) is 3.82. The molecule has 0 atom stereocenters. The Morgan fingerprint density at radius 3 is 2.44 bits per heavy atom. The SMILES string of the molecule is Cn1c(=O)c(=O)n(Cc2ccc(F)cc2)c2ccc(SNC3(C)CC3)cc21. The van der Waals surface area contributed by atoms with Gasteiger partial charge >= 0.3 is 11.1 Å². The monoisotopic (exact) mass is 385 g/mol. The molecule has 0 bridgehead atoms. The zero-order valence-corrected chi connectivity index (χ0v) is 16.0. The van der Waals surface area contributed by atoms with Crippen LogP contribution in [0.3, 0.4) is 0 Å². The molecule has 1 saturated carbocycles. The third kappa shape index (κ3) is 3.57. The lowest BCUT2D eigenvalue weighted by atomic mass is 10.2. The highest BCUT2D eigenvalue weighted by molar-refractivity contribution is 7.97. The number of rotatable bonds is 5. The van der Waals surface area contributed by atoms with Gasteiger partial charge in [0.2, 0.25) is 0 Å². The van der Waals surface area contributed by atoms with E-state index < -0.39 is 11.1 Å². The summed E-state index contributed by atoms with van der Waals surface area (Å²) < 4.78 is 19.4. The molecule has 5 nitrogen and oxygen atoms in total. The molecule has 0 amide bonds. The Labute approximate surface area is 160 Å². The molecule has 1 aliphatic rings. The second-order valence-corrected chi connectivity index (χ2v) is 8.18. The van der Waals surface area contributed by atoms with Crippen molar-refractivity contribution < 1.29 is 4.39 Å². The first-order valence-electron chi connectivity index (χ1n) is 8.78. The summed E-state index contributed by atoms with van der Waals surface area (Å²) in [7, 11) is 1.61. The van der Waals surface area contributed by atoms with Crippen molar-refractivity contribution in [3.05, 3.63) is 74.6 Å². The third-order valence-corrected chi connectivity index (χ3v) is 6.09. The van der Waals surface area contributed by atoms with Crippen LogP contribution in [0.2, 0.25) is 0 Å². The largest absolute Gasteiger partial charge is 0.317 e. The van der Waals surface area contributed by atoms with E-state index in [2.05, 4.69) is 11.6 Å². The molecule has 7 heteroatoms. The minimum atomic E-state index is -0.585. The van der Waals surface area contributed by atoms with Crippen LogP contribution in [0, 0.1) is 5.82 Å². The van der Waals surface area contributed by atoms with Crippen LogP contribution in [0.1, 0.15) is 25.3 Å². The standard InChI is InChI=1S/C20H20FN3O2S/c1-20(9-10-20)22-27-15-7-8-16-17(11-15)23(2)18(25)19(26)24(16)12-13-3-5-14(21)6-4-13/h3-8,11,22H,9-10,12H2,1-2H3. The lowest BCUT2D eigenvalue weighted by Crippen LogP contribution is -2.40. The number of nitrogens with zero attached hydrogens (tertiary/aromatic N) is 2. The number of aromatic nitrogens is 2. The van der Waals surface area contributed by atoms with E-state index in [1.54, 1.807) is 31.1 Å². The average Bonchev–Trinajstić information content (AvgIpc) is 3.41. The Balaban J connectivity index is 1.77. The van der Waals surface area contributed by atoms with Crippen molar-refractivity contribution >= 4 is 23.0 Å². The zero-order chi connectivity index (χ0) is 19.2. The summed E-state index contributed by atoms with van der Waals surface area (Å²) in [4.78, 5) is 26.0. The Morgan fingerprint density at radius 2 is 1.78 bits per heavy atom. The van der Waals surface area contributed by atoms with Gasteiger partial charge in [-0.2, -0.15) is 0 Å². The maximum Gasteiger partial charge on any atom is 0.317 e. The molecule has 27 heavy (non-hydrogen) atoms. The van der Waals surface area contributed by atoms with E-state index in [9.17, 15) is 14.0 Å². The summed E-state index contributed by atoms with van der Waals surface area (Å²) in [6.07, 6.45) is 2.31. The van der Waals surface area contributed by atoms with Crippen molar-refractivity contribution in [1.82, 2.24) is 13.9 Å². The summed E-state index contributed by atoms with van der Waals surface area (Å²) in [5, 5.41) is 0. The van der Waals surface area contributed by atoms with Crippen LogP contribution in [-0.2, 0) is 13.6 Å². The second-order valence-electron chi connectivity index (χ2n) is 7.30. The van der Waals surface area contributed by atoms with Crippen LogP contribution < -0.4 is 15.8 Å². The van der Waals surface area contributed by atoms with Crippen molar-refractivity contribution in [2.45, 2.75) is 36.7 Å². The maximum absolute atomic E-state index is 13.1. The molecular weight excluding hydrogens is 365 g/mol. The smallest absolute Gasteiger partial charge is 0.305 e. The normalized spacial score (nSPS) is 15.2. The summed E-state index contributed by atoms with van der Waals surface area (Å²) >= 11 is 1.54. The van der Waals surface area contributed by atoms with Gasteiger partial charge in [0.15, 0.2) is 0 Å². The number of nitrogens with one attached hydrogen (secondary N) is 1. The van der Waals surface area contributed by atoms with Gasteiger partial charge in [0.25, 0.3) is 0 Å². The minimum Gasteiger partial charge on any atom is -0.305 e. The second kappa shape index (κ2) is 6.65. The van der Waals surface area contributed by atoms with Crippen molar-refractivity contribution in [3.8, 4) is 0 Å². The van der Waals surface area contributed by atoms with E-state index >= 15 is 0 Å². The van der Waals surface area contributed by atoms with E-state index in [1.165, 1.54) is 21.3 Å². The van der Waals surface area contributed by atoms with Crippen LogP contribution in [0.15, 0.2) is 56.9 Å². The van der Waals surface area contributed by atoms with Gasteiger partial charge in [-0.1, -0.05) is 12.1 Å². The molecule has 0 saturated heterocycles. The molecule has 1 aliphatic carbocycles. The molecule has 0 aliphatic heterocycles. The number of halogens is 1. The van der Waals surface area contributed by atoms with Gasteiger partial charge in [-0.3, -0.25) is 18.9 Å². The molecule has 0 spiro atoms. The molecule has 3 aromatic rings. The first-order valence-corrected chi connectivity index (χ1v) is 9.60. The first kappa shape index (κ1) is 18.0. The van der Waals surface area contributed by atoms with Crippen LogP contribution in [0.5, 0.6) is 0 Å². The lowest BCUT2D eigenvalue weighted by Gasteiger charge is -2.15. The van der Waals surface area contributed by atoms with Gasteiger partial charge in [0.05, 0.1) is 17.6 Å². The van der Waals surface area contributed by atoms with Crippen molar-refractivity contribution in [3.63, 3.8) is 0 Å². The zero-order valence-electron chi connectivity index (χ0n) is 15.2. The lowest BCUT2D eigenvalue weighted by molar-refractivity contribution is 0.626. The summed E-state index contributed by atoms with van der Waals surface area (Å²) in [5.41, 5.74) is 1.15. The fourth-order valence-electron chi connectivity index (χ4n) is 2.94. The Bertz CT molecular complexity index is 1130. The summed E-state index contributed by atoms with van der Waals surface area (Å²) in [6.45, 7) is 2.39. The molecule has 1 heterocycles. The number of benzene rings is 2. The number of hydrogen-bond acceptors (Lipinski definition) is 4. The molecule has 140 valence electrons. The summed E-state index contributed by atoms with van der Waals surface area (Å²) in [5.74, 6) is -0.335. The Morgan fingerprint density at radius 1 is 1.07 bits per heavy atom. The number of aryl methyl sites for hydroxylation is 1. The quantitative estimate of drug-likeness (QED) is 0.542. The van der Waals surface area contributed by atoms with E-state index in [4.69, 9.17) is 0 Å². The van der Waals surface area contributed by atoms with E-state index in [0.29, 0.717) is 11.0 Å². The molecule has 2 aromatic carbocycles. The van der Waals surface area contributed by atoms with E-state index in [0.717, 1.165) is 23.3 Å². The fraction of sp³-hybridized carbons (Fsp3) is 0.300. The van der Waals surface area contributed by atoms with Crippen LogP contribution in [0.25, 0.3) is 11.0 Å². The number of hydrogen-bond donors (Lipinski definition) is 1. The van der Waals surface area contributed by atoms with Gasteiger partial charge in [0, 0.05) is 17.5 Å². The average molecular weight is 385 g/mol. The van der Waals surface area contributed by atoms with Crippen molar-refractivity contribution in [2.24, 2.45) is 7.05 Å². The van der Waals surface area contributed by atoms with Gasteiger partial charge < -0.3 is 4.57 Å². The summed E-state index contributed by atoms with van der Waals surface area (Å²) in [6, 6.07) is 11.7. The Hall–Kier alpha value is -2.38. The highest BCUT2D eigenvalue weighted by atomic mass is 32.2. The molecule has 1 aromatic heterocycles. The molecule has 1 N–H and O–H groups in total. The highest BCUT2D eigenvalue weighted by Gasteiger charge is 2.37. The third-order valence-electron chi connectivity index (χ3n) is 5.00. The van der Waals surface area contributed by atoms with Gasteiger partial charge in [-0.15, -0.1) is 0 Å². The molecular formula is C20H20FN3O2S. The van der Waals surface area contributed by atoms with Crippen LogP contribution >= 0.6 is 11.9 Å². The molecule has 4 rings (SSSR count). The van der Waals surface area contributed by atoms with Crippen LogP contribution in [0.4, 0.5) is 4.39 Å².